The monoisotopic (exact) mass is 278 g/mol. The van der Waals surface area contributed by atoms with Gasteiger partial charge in [0.25, 0.3) is 0 Å². The Kier molecular flexibility index (Phi) is 3.99. The van der Waals surface area contributed by atoms with Crippen molar-refractivity contribution in [1.82, 2.24) is 9.97 Å². The van der Waals surface area contributed by atoms with Crippen LogP contribution in [-0.2, 0) is 0 Å². The number of hydrazine groups is 1. The van der Waals surface area contributed by atoms with E-state index in [0.717, 1.165) is 0 Å². The van der Waals surface area contributed by atoms with Crippen LogP contribution in [0.15, 0.2) is 18.2 Å². The van der Waals surface area contributed by atoms with Gasteiger partial charge in [0.05, 0.1) is 25.5 Å². The molecule has 0 radical (unpaired) electrons. The first-order valence-corrected chi connectivity index (χ1v) is 5.84. The lowest BCUT2D eigenvalue weighted by molar-refractivity contribution is 0.356. The molecule has 6 nitrogen and oxygen atoms in total. The average molecular weight is 278 g/mol. The quantitative estimate of drug-likeness (QED) is 0.656. The first-order valence-electron chi connectivity index (χ1n) is 5.84. The molecule has 1 aromatic heterocycles. The van der Waals surface area contributed by atoms with Crippen molar-refractivity contribution in [3.8, 4) is 22.9 Å². The Labute approximate surface area is 115 Å². The van der Waals surface area contributed by atoms with E-state index >= 15 is 0 Å². The number of nitrogens with zero attached hydrogens (tertiary/aromatic N) is 2. The van der Waals surface area contributed by atoms with Crippen LogP contribution in [0, 0.1) is 12.7 Å². The molecule has 0 unspecified atom stereocenters. The molecule has 1 heterocycles. The molecule has 0 saturated heterocycles. The van der Waals surface area contributed by atoms with Crippen molar-refractivity contribution >= 4 is 5.82 Å². The Balaban J connectivity index is 2.65. The van der Waals surface area contributed by atoms with Gasteiger partial charge in [0.15, 0.2) is 29.0 Å². The van der Waals surface area contributed by atoms with Crippen LogP contribution in [0.25, 0.3) is 11.4 Å². The van der Waals surface area contributed by atoms with Crippen molar-refractivity contribution in [3.63, 3.8) is 0 Å². The van der Waals surface area contributed by atoms with Crippen LogP contribution in [0.2, 0.25) is 0 Å². The number of ether oxygens (including phenoxy) is 2. The molecule has 0 bridgehead atoms. The Bertz CT molecular complexity index is 634. The van der Waals surface area contributed by atoms with Gasteiger partial charge in [0.2, 0.25) is 0 Å². The molecule has 106 valence electrons. The minimum absolute atomic E-state index is 0.0719. The molecule has 0 aliphatic rings. The van der Waals surface area contributed by atoms with Crippen LogP contribution in [0.3, 0.4) is 0 Å². The van der Waals surface area contributed by atoms with E-state index in [0.29, 0.717) is 22.9 Å². The number of nitrogens with one attached hydrogen (secondary N) is 1. The van der Waals surface area contributed by atoms with E-state index in [-0.39, 0.29) is 11.5 Å². The van der Waals surface area contributed by atoms with Crippen LogP contribution < -0.4 is 20.7 Å². The Morgan fingerprint density at radius 2 is 1.95 bits per heavy atom. The third-order valence-electron chi connectivity index (χ3n) is 2.80. The lowest BCUT2D eigenvalue weighted by atomic mass is 10.1. The van der Waals surface area contributed by atoms with Gasteiger partial charge in [-0.3, -0.25) is 0 Å². The zero-order valence-electron chi connectivity index (χ0n) is 11.4. The second kappa shape index (κ2) is 5.70. The summed E-state index contributed by atoms with van der Waals surface area (Å²) in [6.07, 6.45) is 0. The van der Waals surface area contributed by atoms with Gasteiger partial charge in [-0.2, -0.15) is 0 Å². The van der Waals surface area contributed by atoms with Gasteiger partial charge < -0.3 is 14.9 Å². The van der Waals surface area contributed by atoms with Crippen molar-refractivity contribution in [2.75, 3.05) is 19.6 Å². The molecule has 0 aliphatic heterocycles. The fraction of sp³-hybridized carbons (Fsp3) is 0.231. The van der Waals surface area contributed by atoms with Gasteiger partial charge in [-0.05, 0) is 19.1 Å². The zero-order valence-corrected chi connectivity index (χ0v) is 11.4. The van der Waals surface area contributed by atoms with Gasteiger partial charge in [-0.15, -0.1) is 0 Å². The summed E-state index contributed by atoms with van der Waals surface area (Å²) in [7, 11) is 3.05. The third kappa shape index (κ3) is 2.35. The number of benzene rings is 1. The molecule has 20 heavy (non-hydrogen) atoms. The number of para-hydroxylation sites is 1. The summed E-state index contributed by atoms with van der Waals surface area (Å²) in [5.74, 6) is 5.91. The number of halogens is 1. The van der Waals surface area contributed by atoms with Crippen LogP contribution in [0.4, 0.5) is 10.2 Å². The first-order chi connectivity index (χ1) is 9.62. The minimum Gasteiger partial charge on any atom is -0.493 e. The maximum atomic E-state index is 13.7. The summed E-state index contributed by atoms with van der Waals surface area (Å²) in [5, 5.41) is 0. The second-order valence-corrected chi connectivity index (χ2v) is 3.98. The van der Waals surface area contributed by atoms with Gasteiger partial charge >= 0.3 is 0 Å². The molecule has 0 spiro atoms. The normalized spacial score (nSPS) is 10.2. The third-order valence-corrected chi connectivity index (χ3v) is 2.80. The summed E-state index contributed by atoms with van der Waals surface area (Å²) in [6, 6.07) is 5.28. The number of rotatable bonds is 4. The summed E-state index contributed by atoms with van der Waals surface area (Å²) < 4.78 is 24.2. The lowest BCUT2D eigenvalue weighted by Crippen LogP contribution is -2.13. The predicted molar refractivity (Wildman–Crippen MR) is 73.1 cm³/mol. The smallest absolute Gasteiger partial charge is 0.187 e. The van der Waals surface area contributed by atoms with Crippen molar-refractivity contribution < 1.29 is 13.9 Å². The molecule has 7 heteroatoms. The maximum absolute atomic E-state index is 13.7. The number of methoxy groups -OCH3 is 2. The predicted octanol–water partition coefficient (Wildman–Crippen LogP) is 1.89. The number of nitrogens with two attached hydrogens (primary N) is 1. The Morgan fingerprint density at radius 1 is 1.20 bits per heavy atom. The molecule has 2 rings (SSSR count). The largest absolute Gasteiger partial charge is 0.493 e. The van der Waals surface area contributed by atoms with Crippen molar-refractivity contribution in [3.05, 3.63) is 29.7 Å². The highest BCUT2D eigenvalue weighted by atomic mass is 19.1. The molecule has 3 N–H and O–H groups in total. The van der Waals surface area contributed by atoms with E-state index in [1.807, 2.05) is 0 Å². The molecule has 0 amide bonds. The Morgan fingerprint density at radius 3 is 2.55 bits per heavy atom. The molecule has 1 aromatic carbocycles. The molecular formula is C13H15FN4O2. The van der Waals surface area contributed by atoms with E-state index in [9.17, 15) is 4.39 Å². The number of hydrogen-bond donors (Lipinski definition) is 2. The summed E-state index contributed by atoms with van der Waals surface area (Å²) in [4.78, 5) is 8.17. The fourth-order valence-electron chi connectivity index (χ4n) is 1.84. The number of aromatic nitrogens is 2. The van der Waals surface area contributed by atoms with E-state index < -0.39 is 5.82 Å². The van der Waals surface area contributed by atoms with E-state index in [1.165, 1.54) is 21.1 Å². The molecule has 0 fully saturated rings. The first kappa shape index (κ1) is 14.0. The second-order valence-electron chi connectivity index (χ2n) is 3.98. The summed E-state index contributed by atoms with van der Waals surface area (Å²) in [6.45, 7) is 1.54. The van der Waals surface area contributed by atoms with Crippen molar-refractivity contribution in [2.45, 2.75) is 6.92 Å². The average Bonchev–Trinajstić information content (AvgIpc) is 2.48. The fourth-order valence-corrected chi connectivity index (χ4v) is 1.84. The standard InChI is InChI=1S/C13H15FN4O2/c1-7-10(14)13(18-15)17-12(16-7)8-5-4-6-9(19-2)11(8)20-3/h4-6H,15H2,1-3H3,(H,16,17,18). The Hall–Kier alpha value is -2.41. The van der Waals surface area contributed by atoms with Crippen molar-refractivity contribution in [1.29, 1.82) is 0 Å². The van der Waals surface area contributed by atoms with Crippen LogP contribution in [0.5, 0.6) is 11.5 Å². The number of anilines is 1. The maximum Gasteiger partial charge on any atom is 0.187 e. The number of nitrogen functional groups attached to an aromatic ring is 1. The summed E-state index contributed by atoms with van der Waals surface area (Å²) in [5.41, 5.74) is 2.99. The topological polar surface area (TPSA) is 82.3 Å². The van der Waals surface area contributed by atoms with Gasteiger partial charge in [0.1, 0.15) is 0 Å². The highest BCUT2D eigenvalue weighted by molar-refractivity contribution is 5.69. The SMILES string of the molecule is COc1cccc(-c2nc(C)c(F)c(NN)n2)c1OC. The van der Waals surface area contributed by atoms with E-state index in [1.54, 1.807) is 18.2 Å². The van der Waals surface area contributed by atoms with Crippen LogP contribution >= 0.6 is 0 Å². The minimum atomic E-state index is -0.585. The van der Waals surface area contributed by atoms with E-state index in [2.05, 4.69) is 15.4 Å². The lowest BCUT2D eigenvalue weighted by Gasteiger charge is -2.13. The molecule has 0 aliphatic carbocycles. The molecule has 0 atom stereocenters. The molecular weight excluding hydrogens is 263 g/mol. The molecule has 2 aromatic rings. The highest BCUT2D eigenvalue weighted by Crippen LogP contribution is 2.36. The van der Waals surface area contributed by atoms with Gasteiger partial charge in [-0.25, -0.2) is 20.2 Å². The van der Waals surface area contributed by atoms with Gasteiger partial charge in [-0.1, -0.05) is 6.07 Å². The van der Waals surface area contributed by atoms with Gasteiger partial charge in [0, 0.05) is 0 Å². The number of hydrogen-bond acceptors (Lipinski definition) is 6. The number of aryl methyl sites for hydroxylation is 1. The van der Waals surface area contributed by atoms with Crippen LogP contribution in [0.1, 0.15) is 5.69 Å². The summed E-state index contributed by atoms with van der Waals surface area (Å²) >= 11 is 0. The zero-order chi connectivity index (χ0) is 14.7. The highest BCUT2D eigenvalue weighted by Gasteiger charge is 2.17. The molecule has 0 saturated carbocycles. The van der Waals surface area contributed by atoms with Crippen molar-refractivity contribution in [2.24, 2.45) is 5.84 Å². The van der Waals surface area contributed by atoms with Crippen LogP contribution in [-0.4, -0.2) is 24.2 Å². The van der Waals surface area contributed by atoms with E-state index in [4.69, 9.17) is 15.3 Å².